The molecule has 5 nitrogen and oxygen atoms in total. The zero-order chi connectivity index (χ0) is 17.5. The van der Waals surface area contributed by atoms with Crippen LogP contribution in [0.5, 0.6) is 0 Å². The van der Waals surface area contributed by atoms with Crippen LogP contribution >= 0.6 is 0 Å². The van der Waals surface area contributed by atoms with E-state index in [1.54, 1.807) is 19.2 Å². The number of ketones is 2. The summed E-state index contributed by atoms with van der Waals surface area (Å²) in [6, 6.07) is 9.25. The van der Waals surface area contributed by atoms with Gasteiger partial charge in [0.1, 0.15) is 0 Å². The van der Waals surface area contributed by atoms with E-state index in [4.69, 9.17) is 9.47 Å². The first-order valence-electron chi connectivity index (χ1n) is 7.93. The van der Waals surface area contributed by atoms with Gasteiger partial charge in [-0.05, 0) is 31.4 Å². The normalized spacial score (nSPS) is 10.8. The fraction of sp³-hybridized carbons (Fsp3) is 0.368. The SMILES string of the molecule is COCCOCCNc1cc(C(C)=O)c2c(C(C)=O)cccc2c1. The van der Waals surface area contributed by atoms with E-state index in [2.05, 4.69) is 5.32 Å². The molecular weight excluding hydrogens is 306 g/mol. The summed E-state index contributed by atoms with van der Waals surface area (Å²) in [7, 11) is 1.63. The number of anilines is 1. The Balaban J connectivity index is 2.24. The van der Waals surface area contributed by atoms with Crippen molar-refractivity contribution in [1.29, 1.82) is 0 Å². The van der Waals surface area contributed by atoms with Gasteiger partial charge >= 0.3 is 0 Å². The van der Waals surface area contributed by atoms with Gasteiger partial charge in [-0.3, -0.25) is 9.59 Å². The largest absolute Gasteiger partial charge is 0.383 e. The molecule has 0 aliphatic carbocycles. The molecule has 2 aromatic rings. The summed E-state index contributed by atoms with van der Waals surface area (Å²) in [5.74, 6) is -0.107. The van der Waals surface area contributed by atoms with E-state index in [9.17, 15) is 9.59 Å². The van der Waals surface area contributed by atoms with Crippen molar-refractivity contribution in [2.24, 2.45) is 0 Å². The van der Waals surface area contributed by atoms with Gasteiger partial charge in [-0.1, -0.05) is 18.2 Å². The number of nitrogens with one attached hydrogen (secondary N) is 1. The number of methoxy groups -OCH3 is 1. The molecule has 0 spiro atoms. The van der Waals surface area contributed by atoms with Crippen LogP contribution in [0.2, 0.25) is 0 Å². The first-order chi connectivity index (χ1) is 11.5. The fourth-order valence-corrected chi connectivity index (χ4v) is 2.61. The van der Waals surface area contributed by atoms with Crippen molar-refractivity contribution in [3.05, 3.63) is 41.5 Å². The summed E-state index contributed by atoms with van der Waals surface area (Å²) in [5, 5.41) is 4.85. The maximum absolute atomic E-state index is 12.1. The molecule has 24 heavy (non-hydrogen) atoms. The van der Waals surface area contributed by atoms with Gasteiger partial charge in [0.15, 0.2) is 11.6 Å². The molecule has 0 heterocycles. The smallest absolute Gasteiger partial charge is 0.160 e. The van der Waals surface area contributed by atoms with Crippen LogP contribution in [0.25, 0.3) is 10.8 Å². The van der Waals surface area contributed by atoms with Gasteiger partial charge in [-0.2, -0.15) is 0 Å². The van der Waals surface area contributed by atoms with Crippen molar-refractivity contribution in [2.45, 2.75) is 13.8 Å². The van der Waals surface area contributed by atoms with Crippen molar-refractivity contribution in [3.8, 4) is 0 Å². The van der Waals surface area contributed by atoms with Gasteiger partial charge in [0.2, 0.25) is 0 Å². The number of Topliss-reactive ketones (excluding diaryl/α,β-unsaturated/α-hetero) is 2. The Kier molecular flexibility index (Phi) is 6.46. The Bertz CT molecular complexity index is 739. The standard InChI is InChI=1S/C19H23NO4/c1-13(21)17-6-4-5-15-11-16(12-18(14(2)22)19(15)17)20-7-8-24-10-9-23-3/h4-6,11-12,20H,7-10H2,1-3H3. The first kappa shape index (κ1) is 18.1. The van der Waals surface area contributed by atoms with Crippen molar-refractivity contribution >= 4 is 28.0 Å². The predicted molar refractivity (Wildman–Crippen MR) is 95.1 cm³/mol. The Morgan fingerprint density at radius 3 is 2.42 bits per heavy atom. The van der Waals surface area contributed by atoms with Crippen LogP contribution in [-0.4, -0.2) is 45.0 Å². The highest BCUT2D eigenvalue weighted by Gasteiger charge is 2.14. The number of benzene rings is 2. The number of hydrogen-bond acceptors (Lipinski definition) is 5. The molecule has 0 radical (unpaired) electrons. The quantitative estimate of drug-likeness (QED) is 0.565. The van der Waals surface area contributed by atoms with Crippen LogP contribution < -0.4 is 5.32 Å². The highest BCUT2D eigenvalue weighted by Crippen LogP contribution is 2.28. The zero-order valence-electron chi connectivity index (χ0n) is 14.3. The van der Waals surface area contributed by atoms with E-state index in [1.165, 1.54) is 13.8 Å². The highest BCUT2D eigenvalue weighted by molar-refractivity contribution is 6.16. The lowest BCUT2D eigenvalue weighted by Crippen LogP contribution is -2.12. The van der Waals surface area contributed by atoms with Crippen molar-refractivity contribution in [1.82, 2.24) is 0 Å². The minimum absolute atomic E-state index is 0.0460. The fourth-order valence-electron chi connectivity index (χ4n) is 2.61. The van der Waals surface area contributed by atoms with E-state index >= 15 is 0 Å². The molecule has 2 aromatic carbocycles. The average molecular weight is 329 g/mol. The maximum atomic E-state index is 12.1. The minimum atomic E-state index is -0.0614. The topological polar surface area (TPSA) is 64.6 Å². The molecule has 0 saturated heterocycles. The van der Waals surface area contributed by atoms with Crippen LogP contribution in [0, 0.1) is 0 Å². The second-order valence-electron chi connectivity index (χ2n) is 5.57. The number of carbonyl (C=O) groups excluding carboxylic acids is 2. The van der Waals surface area contributed by atoms with Gasteiger partial charge in [-0.25, -0.2) is 0 Å². The van der Waals surface area contributed by atoms with Gasteiger partial charge in [0, 0.05) is 35.9 Å². The molecule has 2 rings (SSSR count). The van der Waals surface area contributed by atoms with Crippen LogP contribution in [0.1, 0.15) is 34.6 Å². The summed E-state index contributed by atoms with van der Waals surface area (Å²) in [4.78, 5) is 23.9. The Hall–Kier alpha value is -2.24. The van der Waals surface area contributed by atoms with E-state index in [1.807, 2.05) is 18.2 Å². The lowest BCUT2D eigenvalue weighted by Gasteiger charge is -2.13. The third-order valence-electron chi connectivity index (χ3n) is 3.74. The van der Waals surface area contributed by atoms with Crippen LogP contribution in [0.15, 0.2) is 30.3 Å². The minimum Gasteiger partial charge on any atom is -0.383 e. The van der Waals surface area contributed by atoms with Crippen molar-refractivity contribution in [3.63, 3.8) is 0 Å². The summed E-state index contributed by atoms with van der Waals surface area (Å²) < 4.78 is 10.3. The first-order valence-corrected chi connectivity index (χ1v) is 7.93. The lowest BCUT2D eigenvalue weighted by molar-refractivity contribution is 0.0759. The Morgan fingerprint density at radius 2 is 1.75 bits per heavy atom. The van der Waals surface area contributed by atoms with E-state index in [0.717, 1.165) is 16.5 Å². The highest BCUT2D eigenvalue weighted by atomic mass is 16.5. The van der Waals surface area contributed by atoms with Gasteiger partial charge in [0.05, 0.1) is 19.8 Å². The summed E-state index contributed by atoms with van der Waals surface area (Å²) in [6.45, 7) is 5.32. The molecule has 0 amide bonds. The molecule has 0 saturated carbocycles. The lowest BCUT2D eigenvalue weighted by atomic mass is 9.95. The van der Waals surface area contributed by atoms with Crippen molar-refractivity contribution in [2.75, 3.05) is 38.8 Å². The predicted octanol–water partition coefficient (Wildman–Crippen LogP) is 3.32. The number of ether oxygens (including phenoxy) is 2. The molecular formula is C19H23NO4. The zero-order valence-corrected chi connectivity index (χ0v) is 14.3. The van der Waals surface area contributed by atoms with Crippen LogP contribution in [0.3, 0.4) is 0 Å². The third-order valence-corrected chi connectivity index (χ3v) is 3.74. The summed E-state index contributed by atoms with van der Waals surface area (Å²) in [5.41, 5.74) is 1.97. The molecule has 5 heteroatoms. The molecule has 0 fully saturated rings. The van der Waals surface area contributed by atoms with Gasteiger partial charge in [0.25, 0.3) is 0 Å². The molecule has 0 bridgehead atoms. The van der Waals surface area contributed by atoms with Crippen molar-refractivity contribution < 1.29 is 19.1 Å². The average Bonchev–Trinajstić information content (AvgIpc) is 2.56. The molecule has 0 unspecified atom stereocenters. The molecule has 0 aliphatic rings. The van der Waals surface area contributed by atoms with Crippen LogP contribution in [0.4, 0.5) is 5.69 Å². The van der Waals surface area contributed by atoms with E-state index < -0.39 is 0 Å². The third kappa shape index (κ3) is 4.40. The Labute approximate surface area is 141 Å². The Morgan fingerprint density at radius 1 is 1.00 bits per heavy atom. The molecule has 0 aliphatic heterocycles. The number of hydrogen-bond donors (Lipinski definition) is 1. The van der Waals surface area contributed by atoms with E-state index in [0.29, 0.717) is 37.5 Å². The summed E-state index contributed by atoms with van der Waals surface area (Å²) in [6.07, 6.45) is 0. The second-order valence-corrected chi connectivity index (χ2v) is 5.57. The second kappa shape index (κ2) is 8.57. The maximum Gasteiger partial charge on any atom is 0.160 e. The number of fused-ring (bicyclic) bond motifs is 1. The molecule has 128 valence electrons. The van der Waals surface area contributed by atoms with Gasteiger partial charge < -0.3 is 14.8 Å². The van der Waals surface area contributed by atoms with E-state index in [-0.39, 0.29) is 11.6 Å². The number of rotatable bonds is 9. The summed E-state index contributed by atoms with van der Waals surface area (Å²) >= 11 is 0. The molecule has 0 atom stereocenters. The molecule has 0 aromatic heterocycles. The molecule has 1 N–H and O–H groups in total. The van der Waals surface area contributed by atoms with Gasteiger partial charge in [-0.15, -0.1) is 0 Å². The van der Waals surface area contributed by atoms with Crippen LogP contribution in [-0.2, 0) is 9.47 Å². The number of carbonyl (C=O) groups is 2. The monoisotopic (exact) mass is 329 g/mol.